The van der Waals surface area contributed by atoms with Crippen LogP contribution in [0.3, 0.4) is 0 Å². The van der Waals surface area contributed by atoms with E-state index >= 15 is 0 Å². The molecular weight excluding hydrogens is 372 g/mol. The minimum atomic E-state index is 0.146. The molecular formula is C21H30N4O4. The highest BCUT2D eigenvalue weighted by atomic mass is 16.5. The molecule has 0 N–H and O–H groups in total. The summed E-state index contributed by atoms with van der Waals surface area (Å²) in [7, 11) is 3.37. The molecule has 0 saturated carbocycles. The van der Waals surface area contributed by atoms with Gasteiger partial charge in [0, 0.05) is 59.1 Å². The van der Waals surface area contributed by atoms with E-state index < -0.39 is 0 Å². The number of amides is 1. The van der Waals surface area contributed by atoms with Gasteiger partial charge in [0.2, 0.25) is 17.7 Å². The molecule has 8 heteroatoms. The fourth-order valence-corrected chi connectivity index (χ4v) is 3.38. The topological polar surface area (TPSA) is 80.9 Å². The van der Waals surface area contributed by atoms with Crippen molar-refractivity contribution in [2.24, 2.45) is 0 Å². The lowest BCUT2D eigenvalue weighted by Crippen LogP contribution is -2.49. The second kappa shape index (κ2) is 10.9. The number of nitrogens with zero attached hydrogens (tertiary/aromatic N) is 4. The Labute approximate surface area is 171 Å². The van der Waals surface area contributed by atoms with Crippen LogP contribution in [0, 0.1) is 0 Å². The first-order valence-corrected chi connectivity index (χ1v) is 10.1. The van der Waals surface area contributed by atoms with Crippen LogP contribution < -0.4 is 4.74 Å². The quantitative estimate of drug-likeness (QED) is 0.597. The van der Waals surface area contributed by atoms with E-state index in [1.807, 2.05) is 29.2 Å². The summed E-state index contributed by atoms with van der Waals surface area (Å²) in [4.78, 5) is 16.7. The maximum Gasteiger partial charge on any atom is 0.223 e. The molecule has 0 spiro atoms. The molecule has 1 aliphatic rings. The fraction of sp³-hybridized carbons (Fsp3) is 0.571. The van der Waals surface area contributed by atoms with Gasteiger partial charge in [0.05, 0.1) is 13.7 Å². The monoisotopic (exact) mass is 402 g/mol. The van der Waals surface area contributed by atoms with Crippen LogP contribution in [0.2, 0.25) is 0 Å². The van der Waals surface area contributed by atoms with E-state index in [0.29, 0.717) is 31.0 Å². The van der Waals surface area contributed by atoms with Crippen LogP contribution >= 0.6 is 0 Å². The molecule has 0 unspecified atom stereocenters. The molecule has 2 heterocycles. The predicted molar refractivity (Wildman–Crippen MR) is 108 cm³/mol. The van der Waals surface area contributed by atoms with E-state index in [4.69, 9.17) is 13.9 Å². The summed E-state index contributed by atoms with van der Waals surface area (Å²) in [5.41, 5.74) is 1.16. The Morgan fingerprint density at radius 3 is 2.55 bits per heavy atom. The zero-order chi connectivity index (χ0) is 20.5. The summed E-state index contributed by atoms with van der Waals surface area (Å²) in [5, 5.41) is 8.20. The van der Waals surface area contributed by atoms with Crippen molar-refractivity contribution in [1.82, 2.24) is 20.0 Å². The number of hydrogen-bond acceptors (Lipinski definition) is 7. The Balaban J connectivity index is 1.39. The van der Waals surface area contributed by atoms with Gasteiger partial charge in [-0.25, -0.2) is 0 Å². The third kappa shape index (κ3) is 6.54. The highest BCUT2D eigenvalue weighted by molar-refractivity contribution is 5.76. The third-order valence-electron chi connectivity index (χ3n) is 5.16. The van der Waals surface area contributed by atoms with Gasteiger partial charge < -0.3 is 18.8 Å². The van der Waals surface area contributed by atoms with Crippen LogP contribution in [-0.4, -0.2) is 79.5 Å². The molecule has 0 atom stereocenters. The van der Waals surface area contributed by atoms with E-state index in [1.54, 1.807) is 14.2 Å². The van der Waals surface area contributed by atoms with Crippen LogP contribution in [0.1, 0.15) is 23.8 Å². The molecule has 1 aromatic heterocycles. The van der Waals surface area contributed by atoms with Crippen LogP contribution in [0.4, 0.5) is 0 Å². The Bertz CT molecular complexity index is 772. The number of piperazine rings is 1. The number of hydrogen-bond donors (Lipinski definition) is 0. The molecule has 1 fully saturated rings. The van der Waals surface area contributed by atoms with Gasteiger partial charge in [-0.1, -0.05) is 12.1 Å². The predicted octanol–water partition coefficient (Wildman–Crippen LogP) is 1.59. The largest absolute Gasteiger partial charge is 0.497 e. The van der Waals surface area contributed by atoms with Crippen LogP contribution in [-0.2, 0) is 28.8 Å². The van der Waals surface area contributed by atoms with Crippen LogP contribution in [0.15, 0.2) is 28.7 Å². The molecule has 2 aromatic rings. The van der Waals surface area contributed by atoms with E-state index in [2.05, 4.69) is 15.1 Å². The highest BCUT2D eigenvalue weighted by Gasteiger charge is 2.21. The van der Waals surface area contributed by atoms with Crippen molar-refractivity contribution in [2.45, 2.75) is 25.7 Å². The molecule has 1 amide bonds. The maximum absolute atomic E-state index is 12.5. The van der Waals surface area contributed by atoms with E-state index in [9.17, 15) is 4.79 Å². The van der Waals surface area contributed by atoms with Gasteiger partial charge in [0.1, 0.15) is 5.75 Å². The van der Waals surface area contributed by atoms with Crippen molar-refractivity contribution < 1.29 is 18.7 Å². The fourth-order valence-electron chi connectivity index (χ4n) is 3.38. The summed E-state index contributed by atoms with van der Waals surface area (Å²) in [5.74, 6) is 2.11. The third-order valence-corrected chi connectivity index (χ3v) is 5.16. The molecule has 29 heavy (non-hydrogen) atoms. The first-order chi connectivity index (χ1) is 14.2. The summed E-state index contributed by atoms with van der Waals surface area (Å²) in [6, 6.07) is 7.94. The van der Waals surface area contributed by atoms with E-state index in [0.717, 1.165) is 57.1 Å². The van der Waals surface area contributed by atoms with Crippen molar-refractivity contribution in [2.75, 3.05) is 53.6 Å². The smallest absolute Gasteiger partial charge is 0.223 e. The summed E-state index contributed by atoms with van der Waals surface area (Å²) in [6.07, 6.45) is 2.34. The summed E-state index contributed by atoms with van der Waals surface area (Å²) < 4.78 is 16.1. The Morgan fingerprint density at radius 1 is 1.07 bits per heavy atom. The number of ether oxygens (including phenoxy) is 2. The molecule has 3 rings (SSSR count). The normalized spacial score (nSPS) is 14.9. The molecule has 8 nitrogen and oxygen atoms in total. The average Bonchev–Trinajstić information content (AvgIpc) is 3.23. The van der Waals surface area contributed by atoms with Gasteiger partial charge in [0.15, 0.2) is 0 Å². The first-order valence-electron chi connectivity index (χ1n) is 10.1. The minimum absolute atomic E-state index is 0.146. The average molecular weight is 402 g/mol. The zero-order valence-electron chi connectivity index (χ0n) is 17.3. The number of benzene rings is 1. The molecule has 0 bridgehead atoms. The van der Waals surface area contributed by atoms with Gasteiger partial charge in [0.25, 0.3) is 0 Å². The van der Waals surface area contributed by atoms with Gasteiger partial charge in [-0.15, -0.1) is 10.2 Å². The highest BCUT2D eigenvalue weighted by Crippen LogP contribution is 2.15. The second-order valence-electron chi connectivity index (χ2n) is 7.16. The van der Waals surface area contributed by atoms with Crippen LogP contribution in [0.25, 0.3) is 0 Å². The Hall–Kier alpha value is -2.45. The first kappa shape index (κ1) is 21.3. The molecule has 1 saturated heterocycles. The number of methoxy groups -OCH3 is 2. The summed E-state index contributed by atoms with van der Waals surface area (Å²) >= 11 is 0. The number of carbonyl (C=O) groups is 1. The molecule has 0 aliphatic carbocycles. The van der Waals surface area contributed by atoms with Gasteiger partial charge in [-0.2, -0.15) is 0 Å². The number of carbonyl (C=O) groups excluding carboxylic acids is 1. The van der Waals surface area contributed by atoms with Crippen molar-refractivity contribution in [1.29, 1.82) is 0 Å². The standard InChI is InChI=1S/C21H30N4O4/c1-27-15-14-24-10-12-25(13-11-24)21(26)9-8-20-23-22-19(29-20)7-6-17-4-3-5-18(16-17)28-2/h3-5,16H,6-15H2,1-2H3. The lowest BCUT2D eigenvalue weighted by atomic mass is 10.1. The van der Waals surface area contributed by atoms with Crippen LogP contribution in [0.5, 0.6) is 5.75 Å². The van der Waals surface area contributed by atoms with Crippen molar-refractivity contribution in [3.05, 3.63) is 41.6 Å². The molecule has 0 radical (unpaired) electrons. The van der Waals surface area contributed by atoms with E-state index in [1.165, 1.54) is 0 Å². The van der Waals surface area contributed by atoms with Gasteiger partial charge in [-0.3, -0.25) is 9.69 Å². The van der Waals surface area contributed by atoms with Crippen molar-refractivity contribution in [3.63, 3.8) is 0 Å². The maximum atomic E-state index is 12.5. The lowest BCUT2D eigenvalue weighted by molar-refractivity contribution is -0.133. The van der Waals surface area contributed by atoms with Gasteiger partial charge in [-0.05, 0) is 24.1 Å². The Morgan fingerprint density at radius 2 is 1.83 bits per heavy atom. The van der Waals surface area contributed by atoms with Crippen molar-refractivity contribution in [3.8, 4) is 5.75 Å². The lowest BCUT2D eigenvalue weighted by Gasteiger charge is -2.34. The number of rotatable bonds is 10. The SMILES string of the molecule is COCCN1CCN(C(=O)CCc2nnc(CCc3cccc(OC)c3)o2)CC1. The molecule has 1 aliphatic heterocycles. The molecule has 158 valence electrons. The minimum Gasteiger partial charge on any atom is -0.497 e. The number of aryl methyl sites for hydroxylation is 3. The van der Waals surface area contributed by atoms with Gasteiger partial charge >= 0.3 is 0 Å². The molecule has 1 aromatic carbocycles. The Kier molecular flexibility index (Phi) is 8.01. The van der Waals surface area contributed by atoms with Crippen molar-refractivity contribution >= 4 is 5.91 Å². The van der Waals surface area contributed by atoms with E-state index in [-0.39, 0.29) is 5.91 Å². The second-order valence-corrected chi connectivity index (χ2v) is 7.16. The number of aromatic nitrogens is 2. The zero-order valence-corrected chi connectivity index (χ0v) is 17.3. The summed E-state index contributed by atoms with van der Waals surface area (Å²) in [6.45, 7) is 4.95.